The van der Waals surface area contributed by atoms with Gasteiger partial charge in [0.1, 0.15) is 0 Å². The van der Waals surface area contributed by atoms with Crippen LogP contribution in [0.2, 0.25) is 0 Å². The summed E-state index contributed by atoms with van der Waals surface area (Å²) in [6.07, 6.45) is 2.96. The van der Waals surface area contributed by atoms with Crippen molar-refractivity contribution in [3.8, 4) is 0 Å². The van der Waals surface area contributed by atoms with Crippen molar-refractivity contribution in [2.45, 2.75) is 57.7 Å². The molecular weight excluding hydrogens is 265 g/mol. The Morgan fingerprint density at radius 2 is 1.90 bits per heavy atom. The molecule has 0 amide bonds. The van der Waals surface area contributed by atoms with Crippen molar-refractivity contribution in [1.29, 1.82) is 0 Å². The molecule has 2 aliphatic rings. The summed E-state index contributed by atoms with van der Waals surface area (Å²) in [7, 11) is 0. The predicted molar refractivity (Wildman–Crippen MR) is 74.6 cm³/mol. The van der Waals surface area contributed by atoms with Gasteiger partial charge in [0.2, 0.25) is 0 Å². The van der Waals surface area contributed by atoms with Crippen LogP contribution in [-0.2, 0) is 0 Å². The minimum atomic E-state index is -4.10. The van der Waals surface area contributed by atoms with E-state index in [1.54, 1.807) is 0 Å². The number of nitrogens with one attached hydrogen (secondary N) is 1. The number of unbranched alkanes of at least 4 members (excludes halogenated alkanes) is 1. The van der Waals surface area contributed by atoms with E-state index >= 15 is 0 Å². The van der Waals surface area contributed by atoms with E-state index in [0.29, 0.717) is 5.92 Å². The molecule has 0 spiro atoms. The first-order valence-corrected chi connectivity index (χ1v) is 7.98. The lowest BCUT2D eigenvalue weighted by Gasteiger charge is -2.38. The fourth-order valence-corrected chi connectivity index (χ4v) is 3.27. The largest absolute Gasteiger partial charge is 0.401 e. The van der Waals surface area contributed by atoms with Gasteiger partial charge in [0.05, 0.1) is 6.54 Å². The number of piperidine rings is 1. The first kappa shape index (κ1) is 16.1. The van der Waals surface area contributed by atoms with Crippen LogP contribution < -0.4 is 5.32 Å². The van der Waals surface area contributed by atoms with E-state index in [-0.39, 0.29) is 6.04 Å². The molecule has 2 nitrogen and oxygen atoms in total. The number of rotatable bonds is 7. The van der Waals surface area contributed by atoms with Gasteiger partial charge < -0.3 is 10.2 Å². The lowest BCUT2D eigenvalue weighted by Crippen LogP contribution is -2.51. The molecule has 1 saturated heterocycles. The third-order valence-corrected chi connectivity index (χ3v) is 4.40. The van der Waals surface area contributed by atoms with E-state index in [1.807, 2.05) is 0 Å². The third-order valence-electron chi connectivity index (χ3n) is 4.40. The van der Waals surface area contributed by atoms with E-state index in [9.17, 15) is 13.2 Å². The summed E-state index contributed by atoms with van der Waals surface area (Å²) in [6.45, 7) is 4.19. The number of likely N-dealkylation sites (tertiary alicyclic amines) is 1. The molecule has 1 aliphatic carbocycles. The number of hydrogen-bond donors (Lipinski definition) is 1. The molecule has 0 aromatic carbocycles. The Bertz CT molecular complexity index is 289. The molecule has 1 saturated carbocycles. The monoisotopic (exact) mass is 292 g/mol. The van der Waals surface area contributed by atoms with Gasteiger partial charge in [0.15, 0.2) is 0 Å². The Morgan fingerprint density at radius 1 is 1.15 bits per heavy atom. The molecular formula is C15H27F3N2. The molecule has 2 atom stereocenters. The molecule has 118 valence electrons. The van der Waals surface area contributed by atoms with E-state index < -0.39 is 12.7 Å². The first-order chi connectivity index (χ1) is 9.46. The van der Waals surface area contributed by atoms with E-state index in [1.165, 1.54) is 19.3 Å². The van der Waals surface area contributed by atoms with Gasteiger partial charge in [0.25, 0.3) is 0 Å². The van der Waals surface area contributed by atoms with Crippen molar-refractivity contribution in [2.24, 2.45) is 11.8 Å². The Labute approximate surface area is 120 Å². The van der Waals surface area contributed by atoms with Gasteiger partial charge in [-0.3, -0.25) is 0 Å². The van der Waals surface area contributed by atoms with E-state index in [0.717, 1.165) is 44.8 Å². The van der Waals surface area contributed by atoms with Gasteiger partial charge in [-0.2, -0.15) is 13.2 Å². The second kappa shape index (κ2) is 7.12. The summed E-state index contributed by atoms with van der Waals surface area (Å²) < 4.78 is 37.1. The molecule has 2 rings (SSSR count). The number of nitrogens with zero attached hydrogens (tertiary/aromatic N) is 1. The highest BCUT2D eigenvalue weighted by atomic mass is 19.4. The molecule has 2 unspecified atom stereocenters. The van der Waals surface area contributed by atoms with Gasteiger partial charge >= 0.3 is 6.18 Å². The van der Waals surface area contributed by atoms with E-state index in [2.05, 4.69) is 17.1 Å². The maximum absolute atomic E-state index is 12.4. The van der Waals surface area contributed by atoms with Crippen molar-refractivity contribution in [3.05, 3.63) is 0 Å². The maximum Gasteiger partial charge on any atom is 0.401 e. The van der Waals surface area contributed by atoms with Crippen molar-refractivity contribution in [3.63, 3.8) is 0 Å². The minimum absolute atomic E-state index is 0.00554. The molecule has 0 aromatic heterocycles. The minimum Gasteiger partial charge on any atom is -0.305 e. The van der Waals surface area contributed by atoms with Crippen LogP contribution in [0.15, 0.2) is 0 Å². The van der Waals surface area contributed by atoms with Crippen LogP contribution in [0.3, 0.4) is 0 Å². The standard InChI is InChI=1S/C15H27F3N2/c1-2-3-6-20-9-13(7-12-4-5-12)8-14(10-20)19-11-15(16,17)18/h12-14,19H,2-11H2,1H3. The fourth-order valence-electron chi connectivity index (χ4n) is 3.27. The zero-order valence-corrected chi connectivity index (χ0v) is 12.4. The van der Waals surface area contributed by atoms with Gasteiger partial charge in [-0.05, 0) is 37.6 Å². The lowest BCUT2D eigenvalue weighted by molar-refractivity contribution is -0.127. The van der Waals surface area contributed by atoms with Crippen molar-refractivity contribution < 1.29 is 13.2 Å². The first-order valence-electron chi connectivity index (χ1n) is 7.98. The third kappa shape index (κ3) is 6.00. The lowest BCUT2D eigenvalue weighted by atomic mass is 9.89. The van der Waals surface area contributed by atoms with Crippen LogP contribution in [0.4, 0.5) is 13.2 Å². The van der Waals surface area contributed by atoms with Crippen molar-refractivity contribution in [1.82, 2.24) is 10.2 Å². The molecule has 0 radical (unpaired) electrons. The molecule has 20 heavy (non-hydrogen) atoms. The summed E-state index contributed by atoms with van der Waals surface area (Å²) in [5.41, 5.74) is 0. The second-order valence-electron chi connectivity index (χ2n) is 6.59. The molecule has 0 aromatic rings. The number of halogens is 3. The molecule has 1 heterocycles. The average Bonchev–Trinajstić information content (AvgIpc) is 3.17. The summed E-state index contributed by atoms with van der Waals surface area (Å²) >= 11 is 0. The average molecular weight is 292 g/mol. The Kier molecular flexibility index (Phi) is 5.73. The summed E-state index contributed by atoms with van der Waals surface area (Å²) in [5, 5.41) is 2.72. The zero-order chi connectivity index (χ0) is 14.6. The van der Waals surface area contributed by atoms with Crippen LogP contribution in [0, 0.1) is 11.8 Å². The quantitative estimate of drug-likeness (QED) is 0.773. The van der Waals surface area contributed by atoms with Crippen molar-refractivity contribution >= 4 is 0 Å². The van der Waals surface area contributed by atoms with Gasteiger partial charge in [-0.15, -0.1) is 0 Å². The topological polar surface area (TPSA) is 15.3 Å². The molecule has 1 aliphatic heterocycles. The SMILES string of the molecule is CCCCN1CC(CC2CC2)CC(NCC(F)(F)F)C1. The predicted octanol–water partition coefficient (Wildman–Crippen LogP) is 3.43. The molecule has 1 N–H and O–H groups in total. The summed E-state index contributed by atoms with van der Waals surface area (Å²) in [6, 6.07) is 0.00554. The molecule has 2 fully saturated rings. The Morgan fingerprint density at radius 3 is 2.50 bits per heavy atom. The highest BCUT2D eigenvalue weighted by Gasteiger charge is 2.34. The molecule has 0 bridgehead atoms. The van der Waals surface area contributed by atoms with E-state index in [4.69, 9.17) is 0 Å². The Balaban J connectivity index is 1.81. The second-order valence-corrected chi connectivity index (χ2v) is 6.59. The van der Waals surface area contributed by atoms with Crippen LogP contribution >= 0.6 is 0 Å². The van der Waals surface area contributed by atoms with Crippen LogP contribution in [0.25, 0.3) is 0 Å². The maximum atomic E-state index is 12.4. The summed E-state index contributed by atoms with van der Waals surface area (Å²) in [4.78, 5) is 2.37. The van der Waals surface area contributed by atoms with Gasteiger partial charge in [-0.25, -0.2) is 0 Å². The van der Waals surface area contributed by atoms with Gasteiger partial charge in [-0.1, -0.05) is 26.2 Å². The summed E-state index contributed by atoms with van der Waals surface area (Å²) in [5.74, 6) is 1.44. The fraction of sp³-hybridized carbons (Fsp3) is 1.00. The zero-order valence-electron chi connectivity index (χ0n) is 12.4. The van der Waals surface area contributed by atoms with Crippen LogP contribution in [0.5, 0.6) is 0 Å². The van der Waals surface area contributed by atoms with Gasteiger partial charge in [0, 0.05) is 19.1 Å². The highest BCUT2D eigenvalue weighted by Crippen LogP contribution is 2.37. The highest BCUT2D eigenvalue weighted by molar-refractivity contribution is 4.87. The van der Waals surface area contributed by atoms with Crippen LogP contribution in [-0.4, -0.2) is 43.3 Å². The van der Waals surface area contributed by atoms with Crippen LogP contribution in [0.1, 0.15) is 45.4 Å². The smallest absolute Gasteiger partial charge is 0.305 e. The normalized spacial score (nSPS) is 28.8. The molecule has 5 heteroatoms. The number of alkyl halides is 3. The van der Waals surface area contributed by atoms with Crippen molar-refractivity contribution in [2.75, 3.05) is 26.2 Å². The Hall–Kier alpha value is -0.290. The number of hydrogen-bond acceptors (Lipinski definition) is 2.